The minimum absolute atomic E-state index is 0.300. The van der Waals surface area contributed by atoms with Gasteiger partial charge in [-0.2, -0.15) is 15.2 Å². The molecule has 0 aliphatic carbocycles. The summed E-state index contributed by atoms with van der Waals surface area (Å²) in [6.45, 7) is 6.41. The number of benzene rings is 2. The van der Waals surface area contributed by atoms with Gasteiger partial charge in [-0.05, 0) is 17.7 Å². The highest BCUT2D eigenvalue weighted by atomic mass is 16.5. The molecule has 144 valence electrons. The molecule has 0 bridgehead atoms. The molecule has 0 aliphatic heterocycles. The third-order valence-corrected chi connectivity index (χ3v) is 3.94. The van der Waals surface area contributed by atoms with Crippen molar-refractivity contribution in [3.05, 3.63) is 81.9 Å². The molecule has 0 unspecified atom stereocenters. The van der Waals surface area contributed by atoms with E-state index in [4.69, 9.17) is 4.74 Å². The second-order valence-corrected chi connectivity index (χ2v) is 7.27. The van der Waals surface area contributed by atoms with Crippen LogP contribution in [0.1, 0.15) is 37.6 Å². The van der Waals surface area contributed by atoms with Crippen LogP contribution in [0.2, 0.25) is 0 Å². The molecular formula is C21H23N5O2. The van der Waals surface area contributed by atoms with E-state index in [1.807, 2.05) is 75.4 Å². The second-order valence-electron chi connectivity index (χ2n) is 7.27. The summed E-state index contributed by atoms with van der Waals surface area (Å²) in [5.74, 6) is 1.04. The molecule has 0 radical (unpaired) electrons. The first-order chi connectivity index (χ1) is 13.4. The molecule has 0 spiro atoms. The van der Waals surface area contributed by atoms with E-state index in [9.17, 15) is 4.79 Å². The van der Waals surface area contributed by atoms with Gasteiger partial charge in [-0.15, -0.1) is 0 Å². The van der Waals surface area contributed by atoms with Gasteiger partial charge in [0.15, 0.2) is 5.82 Å². The summed E-state index contributed by atoms with van der Waals surface area (Å²) < 4.78 is 5.92. The van der Waals surface area contributed by atoms with Crippen LogP contribution in [0.4, 0.5) is 5.82 Å². The van der Waals surface area contributed by atoms with Crippen LogP contribution in [0.15, 0.2) is 64.5 Å². The number of hydrogen-bond donors (Lipinski definition) is 2. The smallest absolute Gasteiger partial charge is 0.363 e. The minimum Gasteiger partial charge on any atom is -0.488 e. The molecule has 0 fully saturated rings. The molecule has 2 aromatic carbocycles. The SMILES string of the molecule is CC(C)(C)c1n[nH]c(=O)nc1N/N=C/c1ccccc1OCc1ccccc1. The van der Waals surface area contributed by atoms with Crippen molar-refractivity contribution in [1.82, 2.24) is 15.2 Å². The lowest BCUT2D eigenvalue weighted by atomic mass is 9.92. The fourth-order valence-corrected chi connectivity index (χ4v) is 2.55. The minimum atomic E-state index is -0.530. The van der Waals surface area contributed by atoms with E-state index in [1.54, 1.807) is 6.21 Å². The van der Waals surface area contributed by atoms with Gasteiger partial charge in [-0.1, -0.05) is 63.2 Å². The topological polar surface area (TPSA) is 92.3 Å². The lowest BCUT2D eigenvalue weighted by molar-refractivity contribution is 0.306. The first kappa shape index (κ1) is 19.3. The highest BCUT2D eigenvalue weighted by molar-refractivity contribution is 5.83. The Bertz CT molecular complexity index is 1010. The fraction of sp³-hybridized carbons (Fsp3) is 0.238. The third kappa shape index (κ3) is 5.03. The number of H-pyrrole nitrogens is 1. The number of nitrogens with zero attached hydrogens (tertiary/aromatic N) is 3. The summed E-state index contributed by atoms with van der Waals surface area (Å²) in [4.78, 5) is 15.5. The highest BCUT2D eigenvalue weighted by Crippen LogP contribution is 2.24. The van der Waals surface area contributed by atoms with Gasteiger partial charge in [0.25, 0.3) is 0 Å². The largest absolute Gasteiger partial charge is 0.488 e. The predicted molar refractivity (Wildman–Crippen MR) is 110 cm³/mol. The van der Waals surface area contributed by atoms with Crippen molar-refractivity contribution in [2.45, 2.75) is 32.8 Å². The van der Waals surface area contributed by atoms with Crippen LogP contribution in [0, 0.1) is 0 Å². The van der Waals surface area contributed by atoms with Crippen molar-refractivity contribution in [1.29, 1.82) is 0 Å². The zero-order chi connectivity index (χ0) is 20.0. The number of nitrogens with one attached hydrogen (secondary N) is 2. The van der Waals surface area contributed by atoms with E-state index in [1.165, 1.54) is 0 Å². The molecule has 7 nitrogen and oxygen atoms in total. The summed E-state index contributed by atoms with van der Waals surface area (Å²) in [7, 11) is 0. The van der Waals surface area contributed by atoms with Crippen molar-refractivity contribution in [3.63, 3.8) is 0 Å². The van der Waals surface area contributed by atoms with Gasteiger partial charge in [0.05, 0.1) is 6.21 Å². The molecule has 1 heterocycles. The van der Waals surface area contributed by atoms with Gasteiger partial charge in [0.2, 0.25) is 0 Å². The maximum atomic E-state index is 11.5. The van der Waals surface area contributed by atoms with Gasteiger partial charge in [-0.3, -0.25) is 5.43 Å². The molecule has 0 amide bonds. The van der Waals surface area contributed by atoms with Crippen LogP contribution in [0.3, 0.4) is 0 Å². The number of para-hydroxylation sites is 1. The molecule has 3 aromatic rings. The van der Waals surface area contributed by atoms with Crippen molar-refractivity contribution < 1.29 is 4.74 Å². The quantitative estimate of drug-likeness (QED) is 0.507. The van der Waals surface area contributed by atoms with Crippen LogP contribution in [0.25, 0.3) is 0 Å². The number of hydrogen-bond acceptors (Lipinski definition) is 6. The fourth-order valence-electron chi connectivity index (χ4n) is 2.55. The predicted octanol–water partition coefficient (Wildman–Crippen LogP) is 3.49. The Balaban J connectivity index is 1.75. The van der Waals surface area contributed by atoms with E-state index in [2.05, 4.69) is 25.7 Å². The number of rotatable bonds is 6. The van der Waals surface area contributed by atoms with Gasteiger partial charge in [-0.25, -0.2) is 9.89 Å². The molecule has 28 heavy (non-hydrogen) atoms. The molecule has 2 N–H and O–H groups in total. The molecule has 0 saturated heterocycles. The van der Waals surface area contributed by atoms with Crippen molar-refractivity contribution >= 4 is 12.0 Å². The Kier molecular flexibility index (Phi) is 5.84. The Morgan fingerprint density at radius 2 is 1.82 bits per heavy atom. The molecule has 3 rings (SSSR count). The highest BCUT2D eigenvalue weighted by Gasteiger charge is 2.21. The third-order valence-electron chi connectivity index (χ3n) is 3.94. The van der Waals surface area contributed by atoms with Crippen molar-refractivity contribution in [2.75, 3.05) is 5.43 Å². The van der Waals surface area contributed by atoms with E-state index in [0.29, 0.717) is 23.9 Å². The second kappa shape index (κ2) is 8.47. The summed E-state index contributed by atoms with van der Waals surface area (Å²) in [5, 5.41) is 10.7. The number of ether oxygens (including phenoxy) is 1. The maximum absolute atomic E-state index is 11.5. The average Bonchev–Trinajstić information content (AvgIpc) is 2.67. The van der Waals surface area contributed by atoms with Crippen LogP contribution < -0.4 is 15.9 Å². The standard InChI is InChI=1S/C21H23N5O2/c1-21(2,3)18-19(23-20(27)26-24-18)25-22-13-16-11-7-8-12-17(16)28-14-15-9-5-4-6-10-15/h4-13H,14H2,1-3H3,(H2,23,25,26,27)/b22-13+. The zero-order valence-electron chi connectivity index (χ0n) is 16.1. The van der Waals surface area contributed by atoms with Crippen LogP contribution in [-0.2, 0) is 12.0 Å². The molecule has 1 aromatic heterocycles. The molecular weight excluding hydrogens is 354 g/mol. The van der Waals surface area contributed by atoms with Crippen molar-refractivity contribution in [2.24, 2.45) is 5.10 Å². The Morgan fingerprint density at radius 1 is 1.11 bits per heavy atom. The molecule has 0 aliphatic rings. The molecule has 7 heteroatoms. The normalized spacial score (nSPS) is 11.5. The Labute approximate surface area is 163 Å². The van der Waals surface area contributed by atoms with Crippen LogP contribution in [0.5, 0.6) is 5.75 Å². The lowest BCUT2D eigenvalue weighted by Gasteiger charge is -2.18. The van der Waals surface area contributed by atoms with Crippen LogP contribution in [-0.4, -0.2) is 21.4 Å². The van der Waals surface area contributed by atoms with E-state index in [0.717, 1.165) is 11.1 Å². The maximum Gasteiger partial charge on any atom is 0.363 e. The number of aromatic amines is 1. The summed E-state index contributed by atoms with van der Waals surface area (Å²) in [5.41, 5.74) is 4.51. The zero-order valence-corrected chi connectivity index (χ0v) is 16.1. The summed E-state index contributed by atoms with van der Waals surface area (Å²) in [6, 6.07) is 17.6. The first-order valence-electron chi connectivity index (χ1n) is 8.95. The van der Waals surface area contributed by atoms with Gasteiger partial charge < -0.3 is 4.74 Å². The van der Waals surface area contributed by atoms with Gasteiger partial charge in [0, 0.05) is 11.0 Å². The Hall–Kier alpha value is -3.48. The number of aromatic nitrogens is 3. The Morgan fingerprint density at radius 3 is 2.57 bits per heavy atom. The molecule has 0 saturated carbocycles. The summed E-state index contributed by atoms with van der Waals surface area (Å²) in [6.07, 6.45) is 1.63. The first-order valence-corrected chi connectivity index (χ1v) is 8.95. The monoisotopic (exact) mass is 377 g/mol. The average molecular weight is 377 g/mol. The lowest BCUT2D eigenvalue weighted by Crippen LogP contribution is -2.24. The van der Waals surface area contributed by atoms with Gasteiger partial charge >= 0.3 is 5.69 Å². The van der Waals surface area contributed by atoms with Crippen LogP contribution >= 0.6 is 0 Å². The number of anilines is 1. The summed E-state index contributed by atoms with van der Waals surface area (Å²) >= 11 is 0. The van der Waals surface area contributed by atoms with E-state index in [-0.39, 0.29) is 5.41 Å². The van der Waals surface area contributed by atoms with E-state index < -0.39 is 5.69 Å². The van der Waals surface area contributed by atoms with Crippen molar-refractivity contribution in [3.8, 4) is 5.75 Å². The number of hydrazone groups is 1. The van der Waals surface area contributed by atoms with Gasteiger partial charge in [0.1, 0.15) is 18.1 Å². The molecule has 0 atom stereocenters. The van der Waals surface area contributed by atoms with E-state index >= 15 is 0 Å².